The summed E-state index contributed by atoms with van der Waals surface area (Å²) in [6.45, 7) is 8.70. The van der Waals surface area contributed by atoms with Crippen molar-refractivity contribution in [2.45, 2.75) is 71.9 Å². The number of carbonyl (C=O) groups is 1. The smallest absolute Gasteiger partial charge is 0.223 e. The topological polar surface area (TPSA) is 55.1 Å². The molecule has 3 N–H and O–H groups in total. The van der Waals surface area contributed by atoms with E-state index in [1.807, 2.05) is 0 Å². The average Bonchev–Trinajstić information content (AvgIpc) is 2.29. The van der Waals surface area contributed by atoms with Gasteiger partial charge in [-0.15, -0.1) is 0 Å². The van der Waals surface area contributed by atoms with Gasteiger partial charge in [-0.3, -0.25) is 4.79 Å². The highest BCUT2D eigenvalue weighted by atomic mass is 16.1. The van der Waals surface area contributed by atoms with Crippen molar-refractivity contribution in [3.05, 3.63) is 0 Å². The quantitative estimate of drug-likeness (QED) is 0.792. The number of hydrogen-bond acceptors (Lipinski definition) is 2. The molecule has 0 radical (unpaired) electrons. The van der Waals surface area contributed by atoms with Gasteiger partial charge >= 0.3 is 0 Å². The van der Waals surface area contributed by atoms with E-state index in [-0.39, 0.29) is 23.9 Å². The summed E-state index contributed by atoms with van der Waals surface area (Å²) >= 11 is 0. The first-order chi connectivity index (χ1) is 8.47. The summed E-state index contributed by atoms with van der Waals surface area (Å²) in [5.74, 6) is 1.51. The van der Waals surface area contributed by atoms with E-state index in [2.05, 4.69) is 33.0 Å². The second kappa shape index (κ2) is 7.13. The molecular weight excluding hydrogens is 224 g/mol. The zero-order valence-electron chi connectivity index (χ0n) is 12.4. The number of amides is 1. The maximum Gasteiger partial charge on any atom is 0.223 e. The van der Waals surface area contributed by atoms with Crippen molar-refractivity contribution >= 4 is 5.91 Å². The summed E-state index contributed by atoms with van der Waals surface area (Å²) in [5.41, 5.74) is 6.02. The first-order valence-corrected chi connectivity index (χ1v) is 7.53. The van der Waals surface area contributed by atoms with Gasteiger partial charge in [0.25, 0.3) is 0 Å². The lowest BCUT2D eigenvalue weighted by Gasteiger charge is -2.32. The monoisotopic (exact) mass is 254 g/mol. The van der Waals surface area contributed by atoms with E-state index in [1.54, 1.807) is 0 Å². The van der Waals surface area contributed by atoms with Gasteiger partial charge in [0.1, 0.15) is 0 Å². The van der Waals surface area contributed by atoms with Crippen LogP contribution in [0.25, 0.3) is 0 Å². The van der Waals surface area contributed by atoms with E-state index in [1.165, 1.54) is 0 Å². The number of hydrogen-bond donors (Lipinski definition) is 2. The Hall–Kier alpha value is -0.570. The molecule has 1 fully saturated rings. The van der Waals surface area contributed by atoms with Gasteiger partial charge in [-0.2, -0.15) is 0 Å². The third-order valence-electron chi connectivity index (χ3n) is 4.48. The second-order valence-corrected chi connectivity index (χ2v) is 6.14. The van der Waals surface area contributed by atoms with E-state index < -0.39 is 0 Å². The molecule has 0 aromatic heterocycles. The molecular formula is C15H30N2O. The van der Waals surface area contributed by atoms with Crippen LogP contribution < -0.4 is 11.1 Å². The number of nitrogens with two attached hydrogens (primary N) is 1. The largest absolute Gasteiger partial charge is 0.353 e. The van der Waals surface area contributed by atoms with Crippen molar-refractivity contribution in [1.29, 1.82) is 0 Å². The molecule has 4 unspecified atom stereocenters. The maximum atomic E-state index is 12.3. The Morgan fingerprint density at radius 3 is 2.39 bits per heavy atom. The van der Waals surface area contributed by atoms with Gasteiger partial charge in [0.05, 0.1) is 0 Å². The minimum Gasteiger partial charge on any atom is -0.353 e. The highest BCUT2D eigenvalue weighted by Gasteiger charge is 2.30. The molecule has 0 aromatic carbocycles. The summed E-state index contributed by atoms with van der Waals surface area (Å²) in [5, 5.41) is 3.20. The van der Waals surface area contributed by atoms with Crippen LogP contribution in [0, 0.1) is 17.8 Å². The lowest BCUT2D eigenvalue weighted by Crippen LogP contribution is -2.45. The average molecular weight is 254 g/mol. The Morgan fingerprint density at radius 1 is 1.28 bits per heavy atom. The fraction of sp³-hybridized carbons (Fsp3) is 0.933. The molecule has 0 aliphatic heterocycles. The van der Waals surface area contributed by atoms with Crippen LogP contribution in [-0.2, 0) is 4.79 Å². The molecule has 0 aromatic rings. The number of nitrogens with one attached hydrogen (secondary N) is 1. The van der Waals surface area contributed by atoms with Crippen molar-refractivity contribution in [2.24, 2.45) is 23.5 Å². The minimum atomic E-state index is 0.126. The first-order valence-electron chi connectivity index (χ1n) is 7.53. The molecule has 1 saturated carbocycles. The van der Waals surface area contributed by atoms with E-state index in [0.717, 1.165) is 32.1 Å². The summed E-state index contributed by atoms with van der Waals surface area (Å²) in [7, 11) is 0. The Bertz CT molecular complexity index is 253. The molecule has 0 bridgehead atoms. The standard InChI is InChI=1S/C15H30N2O/c1-5-12(6-2)11(4)17-15(18)13-7-10(3)8-14(16)9-13/h10-14H,5-9,16H2,1-4H3,(H,17,18). The molecule has 1 aliphatic carbocycles. The fourth-order valence-corrected chi connectivity index (χ4v) is 3.33. The molecule has 4 atom stereocenters. The third kappa shape index (κ3) is 4.27. The molecule has 0 saturated heterocycles. The predicted octanol–water partition coefficient (Wildman–Crippen LogP) is 2.69. The van der Waals surface area contributed by atoms with Crippen molar-refractivity contribution in [3.8, 4) is 0 Å². The van der Waals surface area contributed by atoms with E-state index >= 15 is 0 Å². The van der Waals surface area contributed by atoms with Crippen LogP contribution in [0.4, 0.5) is 0 Å². The zero-order chi connectivity index (χ0) is 13.7. The fourth-order valence-electron chi connectivity index (χ4n) is 3.33. The molecule has 0 heterocycles. The predicted molar refractivity (Wildman–Crippen MR) is 76.2 cm³/mol. The number of carbonyl (C=O) groups excluding carboxylic acids is 1. The molecule has 1 aliphatic rings. The van der Waals surface area contributed by atoms with Crippen molar-refractivity contribution < 1.29 is 4.79 Å². The van der Waals surface area contributed by atoms with Crippen LogP contribution in [0.15, 0.2) is 0 Å². The van der Waals surface area contributed by atoms with Gasteiger partial charge in [-0.25, -0.2) is 0 Å². The number of rotatable bonds is 5. The summed E-state index contributed by atoms with van der Waals surface area (Å²) < 4.78 is 0. The lowest BCUT2D eigenvalue weighted by atomic mass is 9.79. The van der Waals surface area contributed by atoms with Crippen LogP contribution in [0.1, 0.15) is 59.8 Å². The van der Waals surface area contributed by atoms with E-state index in [4.69, 9.17) is 5.73 Å². The van der Waals surface area contributed by atoms with E-state index in [0.29, 0.717) is 11.8 Å². The summed E-state index contributed by atoms with van der Waals surface area (Å²) in [6.07, 6.45) is 5.16. The second-order valence-electron chi connectivity index (χ2n) is 6.14. The van der Waals surface area contributed by atoms with Crippen LogP contribution in [-0.4, -0.2) is 18.0 Å². The molecule has 1 rings (SSSR count). The van der Waals surface area contributed by atoms with Crippen LogP contribution in [0.2, 0.25) is 0 Å². The molecule has 3 heteroatoms. The Labute approximate surface area is 112 Å². The first kappa shape index (κ1) is 15.5. The summed E-state index contributed by atoms with van der Waals surface area (Å²) in [6, 6.07) is 0.480. The van der Waals surface area contributed by atoms with Gasteiger partial charge in [0.15, 0.2) is 0 Å². The van der Waals surface area contributed by atoms with Gasteiger partial charge in [-0.1, -0.05) is 33.6 Å². The van der Waals surface area contributed by atoms with Crippen molar-refractivity contribution in [2.75, 3.05) is 0 Å². The van der Waals surface area contributed by atoms with Crippen LogP contribution in [0.5, 0.6) is 0 Å². The third-order valence-corrected chi connectivity index (χ3v) is 4.48. The van der Waals surface area contributed by atoms with Crippen molar-refractivity contribution in [1.82, 2.24) is 5.32 Å². The highest BCUT2D eigenvalue weighted by Crippen LogP contribution is 2.28. The SMILES string of the molecule is CCC(CC)C(C)NC(=O)C1CC(C)CC(N)C1. The van der Waals surface area contributed by atoms with Crippen LogP contribution >= 0.6 is 0 Å². The maximum absolute atomic E-state index is 12.3. The minimum absolute atomic E-state index is 0.126. The van der Waals surface area contributed by atoms with Gasteiger partial charge < -0.3 is 11.1 Å². The molecule has 3 nitrogen and oxygen atoms in total. The highest BCUT2D eigenvalue weighted by molar-refractivity contribution is 5.79. The van der Waals surface area contributed by atoms with Gasteiger partial charge in [-0.05, 0) is 38.0 Å². The molecule has 0 spiro atoms. The van der Waals surface area contributed by atoms with Crippen molar-refractivity contribution in [3.63, 3.8) is 0 Å². The van der Waals surface area contributed by atoms with E-state index in [9.17, 15) is 4.79 Å². The van der Waals surface area contributed by atoms with Gasteiger partial charge in [0.2, 0.25) is 5.91 Å². The molecule has 106 valence electrons. The normalized spacial score (nSPS) is 30.2. The lowest BCUT2D eigenvalue weighted by molar-refractivity contribution is -0.127. The Morgan fingerprint density at radius 2 is 1.89 bits per heavy atom. The molecule has 18 heavy (non-hydrogen) atoms. The molecule has 1 amide bonds. The summed E-state index contributed by atoms with van der Waals surface area (Å²) in [4.78, 5) is 12.3. The van der Waals surface area contributed by atoms with Gasteiger partial charge in [0, 0.05) is 18.0 Å². The Kier molecular flexibility index (Phi) is 6.13. The van der Waals surface area contributed by atoms with Crippen LogP contribution in [0.3, 0.4) is 0 Å². The Balaban J connectivity index is 2.49. The zero-order valence-corrected chi connectivity index (χ0v) is 12.4.